The molecule has 24 heavy (non-hydrogen) atoms. The smallest absolute Gasteiger partial charge is 0.335 e. The second-order valence-corrected chi connectivity index (χ2v) is 6.03. The van der Waals surface area contributed by atoms with E-state index in [4.69, 9.17) is 5.11 Å². The third kappa shape index (κ3) is 3.79. The fourth-order valence-corrected chi connectivity index (χ4v) is 2.91. The van der Waals surface area contributed by atoms with Gasteiger partial charge in [-0.2, -0.15) is 0 Å². The first kappa shape index (κ1) is 16.2. The Kier molecular flexibility index (Phi) is 4.60. The van der Waals surface area contributed by atoms with Crippen molar-refractivity contribution < 1.29 is 19.1 Å². The molecule has 124 valence electrons. The third-order valence-electron chi connectivity index (χ3n) is 4.30. The Morgan fingerprint density at radius 1 is 1.12 bits per heavy atom. The van der Waals surface area contributed by atoms with Crippen molar-refractivity contribution in [2.45, 2.75) is 31.2 Å². The Morgan fingerprint density at radius 3 is 2.54 bits per heavy atom. The van der Waals surface area contributed by atoms with Crippen LogP contribution in [0.2, 0.25) is 0 Å². The molecular formula is C19H18FNO3. The fraction of sp³-hybridized carbons (Fsp3) is 0.263. The lowest BCUT2D eigenvalue weighted by Gasteiger charge is -2.07. The van der Waals surface area contributed by atoms with Gasteiger partial charge in [0.1, 0.15) is 5.82 Å². The number of carbonyl (C=O) groups excluding carboxylic acids is 1. The Morgan fingerprint density at radius 2 is 1.83 bits per heavy atom. The number of halogens is 1. The maximum atomic E-state index is 12.9. The molecule has 0 spiro atoms. The van der Waals surface area contributed by atoms with Crippen molar-refractivity contribution in [2.75, 3.05) is 0 Å². The number of carboxylic acid groups (broad SMARTS) is 1. The van der Waals surface area contributed by atoms with Crippen molar-refractivity contribution in [3.8, 4) is 0 Å². The molecule has 5 heteroatoms. The molecule has 0 unspecified atom stereocenters. The summed E-state index contributed by atoms with van der Waals surface area (Å²) in [4.78, 5) is 23.2. The summed E-state index contributed by atoms with van der Waals surface area (Å²) in [6.07, 6.45) is 1.49. The van der Waals surface area contributed by atoms with Gasteiger partial charge in [0.25, 0.3) is 0 Å². The summed E-state index contributed by atoms with van der Waals surface area (Å²) < 4.78 is 12.9. The van der Waals surface area contributed by atoms with Crippen LogP contribution >= 0.6 is 0 Å². The summed E-state index contributed by atoms with van der Waals surface area (Å²) in [5.41, 5.74) is 1.92. The van der Waals surface area contributed by atoms with Crippen LogP contribution in [-0.2, 0) is 11.2 Å². The summed E-state index contributed by atoms with van der Waals surface area (Å²) in [5.74, 6) is -1.10. The largest absolute Gasteiger partial charge is 0.478 e. The maximum Gasteiger partial charge on any atom is 0.335 e. The molecule has 0 radical (unpaired) electrons. The Balaban J connectivity index is 1.51. The van der Waals surface area contributed by atoms with Crippen LogP contribution in [0.4, 0.5) is 4.39 Å². The van der Waals surface area contributed by atoms with E-state index >= 15 is 0 Å². The first-order valence-electron chi connectivity index (χ1n) is 7.90. The van der Waals surface area contributed by atoms with Crippen LogP contribution in [0.3, 0.4) is 0 Å². The highest BCUT2D eigenvalue weighted by Crippen LogP contribution is 2.40. The third-order valence-corrected chi connectivity index (χ3v) is 4.30. The standard InChI is InChI=1S/C19H18FNO3/c20-14-8-5-13(6-9-14)16-11-17(16)21-18(22)10-7-12-3-1-2-4-15(12)19(23)24/h1-6,8-9,16-17H,7,10-11H2,(H,21,22)(H,23,24)/t16-,17+/m0/s1. The highest BCUT2D eigenvalue weighted by molar-refractivity contribution is 5.89. The predicted octanol–water partition coefficient (Wildman–Crippen LogP) is 3.13. The van der Waals surface area contributed by atoms with Crippen molar-refractivity contribution in [3.05, 3.63) is 71.0 Å². The Labute approximate surface area is 139 Å². The quantitative estimate of drug-likeness (QED) is 0.856. The Bertz CT molecular complexity index is 757. The second-order valence-electron chi connectivity index (χ2n) is 6.03. The molecule has 4 nitrogen and oxygen atoms in total. The molecule has 0 heterocycles. The van der Waals surface area contributed by atoms with Crippen LogP contribution in [0.5, 0.6) is 0 Å². The molecule has 2 aromatic carbocycles. The highest BCUT2D eigenvalue weighted by atomic mass is 19.1. The van der Waals surface area contributed by atoms with E-state index in [0.29, 0.717) is 12.0 Å². The Hall–Kier alpha value is -2.69. The molecule has 1 amide bonds. The van der Waals surface area contributed by atoms with Crippen molar-refractivity contribution in [1.29, 1.82) is 0 Å². The van der Waals surface area contributed by atoms with E-state index in [1.807, 2.05) is 0 Å². The van der Waals surface area contributed by atoms with Gasteiger partial charge in [-0.25, -0.2) is 9.18 Å². The molecule has 1 aliphatic rings. The summed E-state index contributed by atoms with van der Waals surface area (Å²) in [7, 11) is 0. The lowest BCUT2D eigenvalue weighted by Crippen LogP contribution is -2.26. The highest BCUT2D eigenvalue weighted by Gasteiger charge is 2.39. The van der Waals surface area contributed by atoms with E-state index in [1.54, 1.807) is 36.4 Å². The number of carboxylic acids is 1. The molecule has 0 aromatic heterocycles. The van der Waals surface area contributed by atoms with Gasteiger partial charge >= 0.3 is 5.97 Å². The number of aryl methyl sites for hydroxylation is 1. The van der Waals surface area contributed by atoms with Gasteiger partial charge in [-0.3, -0.25) is 4.79 Å². The van der Waals surface area contributed by atoms with Gasteiger partial charge in [-0.1, -0.05) is 30.3 Å². The van der Waals surface area contributed by atoms with E-state index in [-0.39, 0.29) is 35.7 Å². The normalized spacial score (nSPS) is 18.9. The van der Waals surface area contributed by atoms with Crippen molar-refractivity contribution >= 4 is 11.9 Å². The molecular weight excluding hydrogens is 309 g/mol. The zero-order valence-corrected chi connectivity index (χ0v) is 13.0. The molecule has 0 aliphatic heterocycles. The van der Waals surface area contributed by atoms with Crippen molar-refractivity contribution in [2.24, 2.45) is 0 Å². The van der Waals surface area contributed by atoms with E-state index in [2.05, 4.69) is 5.32 Å². The summed E-state index contributed by atoms with van der Waals surface area (Å²) >= 11 is 0. The van der Waals surface area contributed by atoms with Crippen molar-refractivity contribution in [1.82, 2.24) is 5.32 Å². The van der Waals surface area contributed by atoms with Gasteiger partial charge in [-0.15, -0.1) is 0 Å². The van der Waals surface area contributed by atoms with E-state index in [1.165, 1.54) is 12.1 Å². The minimum absolute atomic E-state index is 0.0812. The summed E-state index contributed by atoms with van der Waals surface area (Å²) in [6, 6.07) is 13.1. The first-order chi connectivity index (χ1) is 11.5. The molecule has 2 N–H and O–H groups in total. The van der Waals surface area contributed by atoms with Gasteiger partial charge in [0, 0.05) is 18.4 Å². The van der Waals surface area contributed by atoms with Gasteiger partial charge in [-0.05, 0) is 42.2 Å². The number of aromatic carboxylic acids is 1. The molecule has 1 saturated carbocycles. The number of rotatable bonds is 6. The topological polar surface area (TPSA) is 66.4 Å². The van der Waals surface area contributed by atoms with E-state index in [0.717, 1.165) is 12.0 Å². The lowest BCUT2D eigenvalue weighted by atomic mass is 10.0. The molecule has 0 bridgehead atoms. The zero-order valence-electron chi connectivity index (χ0n) is 13.0. The van der Waals surface area contributed by atoms with Crippen LogP contribution in [0.25, 0.3) is 0 Å². The van der Waals surface area contributed by atoms with Gasteiger partial charge in [0.05, 0.1) is 5.56 Å². The molecule has 2 aromatic rings. The number of hydrogen-bond acceptors (Lipinski definition) is 2. The molecule has 1 fully saturated rings. The van der Waals surface area contributed by atoms with Gasteiger partial charge < -0.3 is 10.4 Å². The van der Waals surface area contributed by atoms with E-state index in [9.17, 15) is 14.0 Å². The van der Waals surface area contributed by atoms with Crippen molar-refractivity contribution in [3.63, 3.8) is 0 Å². The molecule has 2 atom stereocenters. The predicted molar refractivity (Wildman–Crippen MR) is 87.4 cm³/mol. The van der Waals surface area contributed by atoms with Gasteiger partial charge in [0.2, 0.25) is 5.91 Å². The average Bonchev–Trinajstić information content (AvgIpc) is 3.33. The fourth-order valence-electron chi connectivity index (χ4n) is 2.91. The van der Waals surface area contributed by atoms with Crippen LogP contribution in [-0.4, -0.2) is 23.0 Å². The van der Waals surface area contributed by atoms with Gasteiger partial charge in [0.15, 0.2) is 0 Å². The first-order valence-corrected chi connectivity index (χ1v) is 7.90. The van der Waals surface area contributed by atoms with Crippen LogP contribution in [0.1, 0.15) is 40.2 Å². The number of hydrogen-bond donors (Lipinski definition) is 2. The lowest BCUT2D eigenvalue weighted by molar-refractivity contribution is -0.121. The van der Waals surface area contributed by atoms with Crippen LogP contribution in [0, 0.1) is 5.82 Å². The molecule has 0 saturated heterocycles. The average molecular weight is 327 g/mol. The van der Waals surface area contributed by atoms with Crippen LogP contribution in [0.15, 0.2) is 48.5 Å². The number of nitrogens with one attached hydrogen (secondary N) is 1. The maximum absolute atomic E-state index is 12.9. The SMILES string of the molecule is O=C(CCc1ccccc1C(=O)O)N[C@@H]1C[C@H]1c1ccc(F)cc1. The molecule has 1 aliphatic carbocycles. The number of benzene rings is 2. The molecule has 3 rings (SSSR count). The number of carbonyl (C=O) groups is 2. The zero-order chi connectivity index (χ0) is 17.1. The number of amides is 1. The van der Waals surface area contributed by atoms with E-state index < -0.39 is 5.97 Å². The second kappa shape index (κ2) is 6.83. The minimum Gasteiger partial charge on any atom is -0.478 e. The summed E-state index contributed by atoms with van der Waals surface area (Å²) in [5, 5.41) is 12.1. The van der Waals surface area contributed by atoms with Crippen LogP contribution < -0.4 is 5.32 Å². The summed E-state index contributed by atoms with van der Waals surface area (Å²) in [6.45, 7) is 0. The minimum atomic E-state index is -0.982. The monoisotopic (exact) mass is 327 g/mol.